The maximum Gasteiger partial charge on any atom is 0.269 e. The highest BCUT2D eigenvalue weighted by atomic mass is 16.6. The van der Waals surface area contributed by atoms with Gasteiger partial charge in [0.1, 0.15) is 11.5 Å². The van der Waals surface area contributed by atoms with Gasteiger partial charge in [-0.15, -0.1) is 0 Å². The Bertz CT molecular complexity index is 694. The van der Waals surface area contributed by atoms with Gasteiger partial charge in [-0.2, -0.15) is 0 Å². The molecule has 0 aromatic heterocycles. The van der Waals surface area contributed by atoms with Gasteiger partial charge in [0.05, 0.1) is 10.5 Å². The zero-order chi connectivity index (χ0) is 13.4. The van der Waals surface area contributed by atoms with E-state index in [4.69, 9.17) is 4.74 Å². The molecule has 19 heavy (non-hydrogen) atoms. The summed E-state index contributed by atoms with van der Waals surface area (Å²) in [6.45, 7) is 0. The quantitative estimate of drug-likeness (QED) is 0.579. The summed E-state index contributed by atoms with van der Waals surface area (Å²) >= 11 is 0. The monoisotopic (exact) mass is 255 g/mol. The highest BCUT2D eigenvalue weighted by Gasteiger charge is 2.22. The average molecular weight is 255 g/mol. The molecular formula is C14H9NO4. The van der Waals surface area contributed by atoms with Crippen molar-refractivity contribution >= 4 is 11.5 Å². The number of para-hydroxylation sites is 1. The minimum Gasteiger partial charge on any atom is -0.456 e. The van der Waals surface area contributed by atoms with Crippen molar-refractivity contribution in [1.82, 2.24) is 0 Å². The fourth-order valence-corrected chi connectivity index (χ4v) is 2.09. The Balaban J connectivity index is 2.12. The summed E-state index contributed by atoms with van der Waals surface area (Å²) in [6.07, 6.45) is 0.105. The molecule has 5 nitrogen and oxygen atoms in total. The standard InChI is InChI=1S/C14H9NO4/c16-12-8-9-7-10(15(17)18)5-6-13(9)19-14-4-2-1-3-11(12)14/h1-7H,8H2. The van der Waals surface area contributed by atoms with Crippen molar-refractivity contribution < 1.29 is 14.5 Å². The lowest BCUT2D eigenvalue weighted by Crippen LogP contribution is -2.01. The van der Waals surface area contributed by atoms with Gasteiger partial charge in [-0.3, -0.25) is 14.9 Å². The number of nitro groups is 1. The van der Waals surface area contributed by atoms with E-state index in [1.807, 2.05) is 0 Å². The number of carbonyl (C=O) groups excluding carboxylic acids is 1. The molecule has 0 bridgehead atoms. The minimum atomic E-state index is -0.483. The summed E-state index contributed by atoms with van der Waals surface area (Å²) < 4.78 is 5.66. The van der Waals surface area contributed by atoms with E-state index in [0.717, 1.165) is 0 Å². The number of ether oxygens (including phenoxy) is 1. The molecule has 0 radical (unpaired) electrons. The lowest BCUT2D eigenvalue weighted by Gasteiger charge is -2.07. The van der Waals surface area contributed by atoms with Gasteiger partial charge in [-0.1, -0.05) is 12.1 Å². The first kappa shape index (κ1) is 11.4. The van der Waals surface area contributed by atoms with E-state index in [2.05, 4.69) is 0 Å². The van der Waals surface area contributed by atoms with E-state index in [-0.39, 0.29) is 17.9 Å². The second kappa shape index (κ2) is 4.20. The smallest absolute Gasteiger partial charge is 0.269 e. The van der Waals surface area contributed by atoms with Crippen LogP contribution in [0.5, 0.6) is 11.5 Å². The predicted molar refractivity (Wildman–Crippen MR) is 67.6 cm³/mol. The number of benzene rings is 2. The number of Topliss-reactive ketones (excluding diaryl/α,β-unsaturated/α-hetero) is 1. The Kier molecular flexibility index (Phi) is 2.52. The van der Waals surface area contributed by atoms with Crippen LogP contribution in [0.4, 0.5) is 5.69 Å². The summed E-state index contributed by atoms with van der Waals surface area (Å²) in [6, 6.07) is 11.2. The molecule has 1 heterocycles. The normalized spacial score (nSPS) is 12.9. The van der Waals surface area contributed by atoms with Crippen LogP contribution < -0.4 is 4.74 Å². The molecule has 2 aromatic rings. The summed E-state index contributed by atoms with van der Waals surface area (Å²) in [7, 11) is 0. The molecule has 0 spiro atoms. The lowest BCUT2D eigenvalue weighted by atomic mass is 10.0. The fourth-order valence-electron chi connectivity index (χ4n) is 2.09. The topological polar surface area (TPSA) is 69.4 Å². The van der Waals surface area contributed by atoms with Crippen molar-refractivity contribution in [3.05, 3.63) is 63.7 Å². The molecule has 0 atom stereocenters. The van der Waals surface area contributed by atoms with Crippen LogP contribution in [0.25, 0.3) is 0 Å². The maximum atomic E-state index is 12.1. The highest BCUT2D eigenvalue weighted by Crippen LogP contribution is 2.35. The SMILES string of the molecule is O=C1Cc2cc([N+](=O)[O-])ccc2Oc2ccccc21. The van der Waals surface area contributed by atoms with Crippen LogP contribution >= 0.6 is 0 Å². The number of nitrogens with zero attached hydrogens (tertiary/aromatic N) is 1. The second-order valence-electron chi connectivity index (χ2n) is 4.25. The van der Waals surface area contributed by atoms with Gasteiger partial charge >= 0.3 is 0 Å². The molecule has 1 aliphatic heterocycles. The fraction of sp³-hybridized carbons (Fsp3) is 0.0714. The Morgan fingerprint density at radius 2 is 1.89 bits per heavy atom. The number of hydrogen-bond acceptors (Lipinski definition) is 4. The predicted octanol–water partition coefficient (Wildman–Crippen LogP) is 3.13. The zero-order valence-electron chi connectivity index (χ0n) is 9.83. The van der Waals surface area contributed by atoms with Crippen LogP contribution in [-0.4, -0.2) is 10.7 Å². The number of rotatable bonds is 1. The Hall–Kier alpha value is -2.69. The average Bonchev–Trinajstić information content (AvgIpc) is 2.54. The largest absolute Gasteiger partial charge is 0.456 e. The molecule has 1 aliphatic rings. The molecular weight excluding hydrogens is 246 g/mol. The zero-order valence-corrected chi connectivity index (χ0v) is 9.83. The minimum absolute atomic E-state index is 0.0406. The van der Waals surface area contributed by atoms with Crippen LogP contribution in [0.1, 0.15) is 15.9 Å². The molecule has 0 amide bonds. The molecule has 0 saturated heterocycles. The summed E-state index contributed by atoms with van der Waals surface area (Å²) in [5.41, 5.74) is 0.998. The van der Waals surface area contributed by atoms with Crippen molar-refractivity contribution in [3.63, 3.8) is 0 Å². The van der Waals surface area contributed by atoms with Crippen molar-refractivity contribution in [3.8, 4) is 11.5 Å². The van der Waals surface area contributed by atoms with Gasteiger partial charge < -0.3 is 4.74 Å². The van der Waals surface area contributed by atoms with E-state index in [1.165, 1.54) is 18.2 Å². The molecule has 0 aliphatic carbocycles. The molecule has 2 aromatic carbocycles. The van der Waals surface area contributed by atoms with Crippen LogP contribution in [0.3, 0.4) is 0 Å². The number of non-ortho nitro benzene ring substituents is 1. The highest BCUT2D eigenvalue weighted by molar-refractivity contribution is 6.01. The number of carbonyl (C=O) groups is 1. The second-order valence-corrected chi connectivity index (χ2v) is 4.25. The van der Waals surface area contributed by atoms with E-state index in [1.54, 1.807) is 24.3 Å². The summed E-state index contributed by atoms with van der Waals surface area (Å²) in [5, 5.41) is 10.8. The van der Waals surface area contributed by atoms with Crippen LogP contribution in [0.15, 0.2) is 42.5 Å². The van der Waals surface area contributed by atoms with Crippen molar-refractivity contribution in [2.45, 2.75) is 6.42 Å². The van der Waals surface area contributed by atoms with Gasteiger partial charge in [0.2, 0.25) is 0 Å². The molecule has 94 valence electrons. The van der Waals surface area contributed by atoms with Gasteiger partial charge in [-0.25, -0.2) is 0 Å². The van der Waals surface area contributed by atoms with Crippen molar-refractivity contribution in [2.75, 3.05) is 0 Å². The van der Waals surface area contributed by atoms with E-state index < -0.39 is 4.92 Å². The van der Waals surface area contributed by atoms with E-state index >= 15 is 0 Å². The molecule has 0 saturated carbocycles. The first-order valence-electron chi connectivity index (χ1n) is 5.72. The summed E-state index contributed by atoms with van der Waals surface area (Å²) in [5.74, 6) is 0.874. The first-order chi connectivity index (χ1) is 9.15. The summed E-state index contributed by atoms with van der Waals surface area (Å²) in [4.78, 5) is 22.4. The Morgan fingerprint density at radius 3 is 2.68 bits per heavy atom. The molecule has 5 heteroatoms. The molecule has 0 fully saturated rings. The number of ketones is 1. The third-order valence-electron chi connectivity index (χ3n) is 3.01. The van der Waals surface area contributed by atoms with Gasteiger partial charge in [0.25, 0.3) is 5.69 Å². The Labute approximate surface area is 108 Å². The Morgan fingerprint density at radius 1 is 1.11 bits per heavy atom. The maximum absolute atomic E-state index is 12.1. The van der Waals surface area contributed by atoms with Crippen LogP contribution in [-0.2, 0) is 6.42 Å². The van der Waals surface area contributed by atoms with Gasteiger partial charge in [0.15, 0.2) is 5.78 Å². The van der Waals surface area contributed by atoms with Crippen LogP contribution in [0.2, 0.25) is 0 Å². The third-order valence-corrected chi connectivity index (χ3v) is 3.01. The van der Waals surface area contributed by atoms with E-state index in [0.29, 0.717) is 22.6 Å². The van der Waals surface area contributed by atoms with Crippen molar-refractivity contribution in [1.29, 1.82) is 0 Å². The molecule has 0 unspecified atom stereocenters. The lowest BCUT2D eigenvalue weighted by molar-refractivity contribution is -0.384. The molecule has 3 rings (SSSR count). The van der Waals surface area contributed by atoms with Crippen molar-refractivity contribution in [2.24, 2.45) is 0 Å². The van der Waals surface area contributed by atoms with Gasteiger partial charge in [-0.05, 0) is 18.2 Å². The van der Waals surface area contributed by atoms with Crippen LogP contribution in [0, 0.1) is 10.1 Å². The molecule has 0 N–H and O–H groups in total. The van der Waals surface area contributed by atoms with Gasteiger partial charge in [0, 0.05) is 24.1 Å². The third kappa shape index (κ3) is 1.95. The first-order valence-corrected chi connectivity index (χ1v) is 5.72. The van der Waals surface area contributed by atoms with E-state index in [9.17, 15) is 14.9 Å². The number of nitro benzene ring substituents is 1. The number of fused-ring (bicyclic) bond motifs is 2. The number of hydrogen-bond donors (Lipinski definition) is 0.